The van der Waals surface area contributed by atoms with Crippen molar-refractivity contribution in [3.8, 4) is 0 Å². The number of hydrogen-bond acceptors (Lipinski definition) is 2. The van der Waals surface area contributed by atoms with Crippen molar-refractivity contribution in [2.45, 2.75) is 114 Å². The minimum absolute atomic E-state index is 0.487. The van der Waals surface area contributed by atoms with E-state index in [4.69, 9.17) is 9.47 Å². The molecule has 2 atom stereocenters. The third-order valence-electron chi connectivity index (χ3n) is 5.45. The van der Waals surface area contributed by atoms with E-state index in [-0.39, 0.29) is 0 Å². The molecule has 0 N–H and O–H groups in total. The molecule has 2 nitrogen and oxygen atoms in total. The molecular formula is C18H32O2. The second-order valence-corrected chi connectivity index (χ2v) is 7.20. The van der Waals surface area contributed by atoms with Crippen molar-refractivity contribution in [2.75, 3.05) is 0 Å². The minimum Gasteiger partial charge on any atom is -0.375 e. The van der Waals surface area contributed by atoms with E-state index in [2.05, 4.69) is 0 Å². The Bertz CT molecular complexity index is 241. The maximum atomic E-state index is 6.37. The van der Waals surface area contributed by atoms with Gasteiger partial charge in [0.1, 0.15) is 0 Å². The Morgan fingerprint density at radius 1 is 0.400 bits per heavy atom. The van der Waals surface area contributed by atoms with Crippen molar-refractivity contribution in [1.82, 2.24) is 0 Å². The Morgan fingerprint density at radius 3 is 1.25 bits per heavy atom. The van der Waals surface area contributed by atoms with E-state index >= 15 is 0 Å². The average molecular weight is 280 g/mol. The largest absolute Gasteiger partial charge is 0.375 e. The summed E-state index contributed by atoms with van der Waals surface area (Å²) in [5, 5.41) is 0. The molecular weight excluding hydrogens is 248 g/mol. The van der Waals surface area contributed by atoms with E-state index in [1.807, 2.05) is 0 Å². The maximum absolute atomic E-state index is 6.37. The van der Waals surface area contributed by atoms with Gasteiger partial charge in [0, 0.05) is 0 Å². The van der Waals surface area contributed by atoms with E-state index < -0.39 is 0 Å². The van der Waals surface area contributed by atoms with Gasteiger partial charge in [-0.3, -0.25) is 0 Å². The summed E-state index contributed by atoms with van der Waals surface area (Å²) in [6.45, 7) is 0. The summed E-state index contributed by atoms with van der Waals surface area (Å²) in [5.74, 6) is 0. The van der Waals surface area contributed by atoms with Gasteiger partial charge in [0.05, 0.1) is 24.4 Å². The summed E-state index contributed by atoms with van der Waals surface area (Å²) in [4.78, 5) is 0. The Kier molecular flexibility index (Phi) is 5.78. The lowest BCUT2D eigenvalue weighted by Crippen LogP contribution is -2.34. The highest BCUT2D eigenvalue weighted by Crippen LogP contribution is 2.31. The molecule has 0 aromatic rings. The second-order valence-electron chi connectivity index (χ2n) is 7.20. The summed E-state index contributed by atoms with van der Waals surface area (Å²) < 4.78 is 12.7. The lowest BCUT2D eigenvalue weighted by Gasteiger charge is -2.35. The standard InChI is InChI=1S/C18H32O2/c1-3-8-15(9-4-1)19-17-12-7-13-18(14-17)20-16-10-5-2-6-11-16/h15-18H,1-14H2. The molecule has 0 bridgehead atoms. The highest BCUT2D eigenvalue weighted by molar-refractivity contribution is 4.78. The van der Waals surface area contributed by atoms with Crippen molar-refractivity contribution >= 4 is 0 Å². The fourth-order valence-electron chi connectivity index (χ4n) is 4.30. The Morgan fingerprint density at radius 2 is 0.800 bits per heavy atom. The molecule has 3 aliphatic carbocycles. The molecule has 3 aliphatic rings. The second kappa shape index (κ2) is 7.79. The van der Waals surface area contributed by atoms with Gasteiger partial charge in [-0.1, -0.05) is 38.5 Å². The summed E-state index contributed by atoms with van der Waals surface area (Å²) in [5.41, 5.74) is 0. The van der Waals surface area contributed by atoms with Crippen LogP contribution in [-0.2, 0) is 9.47 Å². The molecule has 0 aromatic heterocycles. The third-order valence-corrected chi connectivity index (χ3v) is 5.45. The number of ether oxygens (including phenoxy) is 2. The predicted molar refractivity (Wildman–Crippen MR) is 82.0 cm³/mol. The van der Waals surface area contributed by atoms with Crippen LogP contribution >= 0.6 is 0 Å². The molecule has 0 spiro atoms. The monoisotopic (exact) mass is 280 g/mol. The van der Waals surface area contributed by atoms with E-state index in [1.165, 1.54) is 83.5 Å². The lowest BCUT2D eigenvalue weighted by molar-refractivity contribution is -0.104. The molecule has 3 saturated carbocycles. The van der Waals surface area contributed by atoms with Gasteiger partial charge in [0.25, 0.3) is 0 Å². The summed E-state index contributed by atoms with van der Waals surface area (Å²) >= 11 is 0. The molecule has 0 amide bonds. The van der Waals surface area contributed by atoms with Crippen molar-refractivity contribution in [2.24, 2.45) is 0 Å². The van der Waals surface area contributed by atoms with Crippen LogP contribution in [0, 0.1) is 0 Å². The van der Waals surface area contributed by atoms with Gasteiger partial charge in [0.15, 0.2) is 0 Å². The van der Waals surface area contributed by atoms with E-state index in [0.717, 1.165) is 6.42 Å². The quantitative estimate of drug-likeness (QED) is 0.721. The zero-order chi connectivity index (χ0) is 13.6. The van der Waals surface area contributed by atoms with Crippen LogP contribution in [0.5, 0.6) is 0 Å². The number of hydrogen-bond donors (Lipinski definition) is 0. The molecule has 20 heavy (non-hydrogen) atoms. The van der Waals surface area contributed by atoms with E-state index in [1.54, 1.807) is 0 Å². The van der Waals surface area contributed by atoms with Gasteiger partial charge < -0.3 is 9.47 Å². The summed E-state index contributed by atoms with van der Waals surface area (Å²) in [6, 6.07) is 0. The smallest absolute Gasteiger partial charge is 0.0603 e. The van der Waals surface area contributed by atoms with Gasteiger partial charge in [-0.15, -0.1) is 0 Å². The Hall–Kier alpha value is -0.0800. The minimum atomic E-state index is 0.487. The maximum Gasteiger partial charge on any atom is 0.0603 e. The predicted octanol–water partition coefficient (Wildman–Crippen LogP) is 5.00. The lowest BCUT2D eigenvalue weighted by atomic mass is 9.92. The Balaban J connectivity index is 1.41. The molecule has 0 heterocycles. The first-order chi connectivity index (χ1) is 9.90. The summed E-state index contributed by atoms with van der Waals surface area (Å²) in [7, 11) is 0. The fraction of sp³-hybridized carbons (Fsp3) is 1.00. The van der Waals surface area contributed by atoms with Gasteiger partial charge in [0.2, 0.25) is 0 Å². The van der Waals surface area contributed by atoms with Crippen LogP contribution in [0.15, 0.2) is 0 Å². The molecule has 0 aliphatic heterocycles. The van der Waals surface area contributed by atoms with Crippen LogP contribution in [0.25, 0.3) is 0 Å². The van der Waals surface area contributed by atoms with Gasteiger partial charge >= 0.3 is 0 Å². The van der Waals surface area contributed by atoms with Gasteiger partial charge in [-0.25, -0.2) is 0 Å². The van der Waals surface area contributed by atoms with Crippen LogP contribution in [0.4, 0.5) is 0 Å². The SMILES string of the molecule is C1CCC(OC2CCCC(OC3CCCCC3)C2)CC1. The first-order valence-corrected chi connectivity index (χ1v) is 9.21. The normalized spacial score (nSPS) is 34.2. The van der Waals surface area contributed by atoms with Crippen molar-refractivity contribution in [3.05, 3.63) is 0 Å². The van der Waals surface area contributed by atoms with Crippen LogP contribution in [-0.4, -0.2) is 24.4 Å². The van der Waals surface area contributed by atoms with Crippen molar-refractivity contribution in [3.63, 3.8) is 0 Å². The first-order valence-electron chi connectivity index (χ1n) is 9.21. The number of rotatable bonds is 4. The molecule has 116 valence electrons. The zero-order valence-corrected chi connectivity index (χ0v) is 13.0. The average Bonchev–Trinajstić information content (AvgIpc) is 2.50. The van der Waals surface area contributed by atoms with Gasteiger partial charge in [-0.2, -0.15) is 0 Å². The Labute approximate surface area is 124 Å². The molecule has 2 heteroatoms. The van der Waals surface area contributed by atoms with E-state index in [9.17, 15) is 0 Å². The molecule has 0 radical (unpaired) electrons. The van der Waals surface area contributed by atoms with Crippen LogP contribution in [0.3, 0.4) is 0 Å². The topological polar surface area (TPSA) is 18.5 Å². The zero-order valence-electron chi connectivity index (χ0n) is 13.0. The third kappa shape index (κ3) is 4.46. The highest BCUT2D eigenvalue weighted by atomic mass is 16.5. The molecule has 2 unspecified atom stereocenters. The molecule has 3 fully saturated rings. The highest BCUT2D eigenvalue weighted by Gasteiger charge is 2.28. The molecule has 3 rings (SSSR count). The molecule has 0 aromatic carbocycles. The van der Waals surface area contributed by atoms with Crippen LogP contribution in [0.2, 0.25) is 0 Å². The first kappa shape index (κ1) is 14.8. The molecule has 0 saturated heterocycles. The van der Waals surface area contributed by atoms with Crippen LogP contribution in [0.1, 0.15) is 89.9 Å². The van der Waals surface area contributed by atoms with Crippen molar-refractivity contribution < 1.29 is 9.47 Å². The summed E-state index contributed by atoms with van der Waals surface area (Å²) in [6.07, 6.45) is 20.6. The van der Waals surface area contributed by atoms with E-state index in [0.29, 0.717) is 24.4 Å². The van der Waals surface area contributed by atoms with Gasteiger partial charge in [-0.05, 0) is 51.4 Å². The fourth-order valence-corrected chi connectivity index (χ4v) is 4.30. The van der Waals surface area contributed by atoms with Crippen molar-refractivity contribution in [1.29, 1.82) is 0 Å². The van der Waals surface area contributed by atoms with Crippen LogP contribution < -0.4 is 0 Å².